The van der Waals surface area contributed by atoms with Gasteiger partial charge in [-0.3, -0.25) is 0 Å². The predicted molar refractivity (Wildman–Crippen MR) is 92.8 cm³/mol. The lowest BCUT2D eigenvalue weighted by molar-refractivity contribution is 0.213. The van der Waals surface area contributed by atoms with Crippen LogP contribution in [0.3, 0.4) is 0 Å². The van der Waals surface area contributed by atoms with E-state index in [4.69, 9.17) is 11.6 Å². The maximum atomic E-state index is 6.10. The Morgan fingerprint density at radius 3 is 2.57 bits per heavy atom. The monoisotopic (exact) mass is 307 g/mol. The molecule has 0 saturated heterocycles. The van der Waals surface area contributed by atoms with E-state index in [1.54, 1.807) is 0 Å². The molecule has 0 aliphatic heterocycles. The molecule has 2 rings (SSSR count). The first-order valence-electron chi connectivity index (χ1n) is 8.38. The summed E-state index contributed by atoms with van der Waals surface area (Å²) in [6, 6.07) is 9.24. The summed E-state index contributed by atoms with van der Waals surface area (Å²) in [5.41, 5.74) is 1.74. The van der Waals surface area contributed by atoms with Gasteiger partial charge in [0.15, 0.2) is 0 Å². The molecular weight excluding hydrogens is 278 g/mol. The first-order chi connectivity index (χ1) is 9.86. The van der Waals surface area contributed by atoms with Crippen molar-refractivity contribution in [2.75, 3.05) is 0 Å². The molecule has 0 bridgehead atoms. The molecule has 1 N–H and O–H groups in total. The Labute approximate surface area is 135 Å². The first kappa shape index (κ1) is 16.8. The second-order valence-electron chi connectivity index (χ2n) is 7.71. The molecule has 1 aliphatic rings. The third kappa shape index (κ3) is 5.00. The van der Waals surface area contributed by atoms with Crippen molar-refractivity contribution in [1.29, 1.82) is 0 Å². The van der Waals surface area contributed by atoms with Crippen LogP contribution in [0.1, 0.15) is 71.4 Å². The van der Waals surface area contributed by atoms with Gasteiger partial charge in [0.2, 0.25) is 0 Å². The molecule has 3 atom stereocenters. The van der Waals surface area contributed by atoms with Crippen molar-refractivity contribution < 1.29 is 0 Å². The van der Waals surface area contributed by atoms with Gasteiger partial charge in [0, 0.05) is 17.1 Å². The molecule has 0 spiro atoms. The smallest absolute Gasteiger partial charge is 0.0409 e. The van der Waals surface area contributed by atoms with Crippen molar-refractivity contribution in [3.05, 3.63) is 34.9 Å². The zero-order valence-corrected chi connectivity index (χ0v) is 14.7. The van der Waals surface area contributed by atoms with Crippen molar-refractivity contribution in [3.63, 3.8) is 0 Å². The van der Waals surface area contributed by atoms with Crippen LogP contribution in [0.5, 0.6) is 0 Å². The van der Waals surface area contributed by atoms with Gasteiger partial charge in [0.25, 0.3) is 0 Å². The lowest BCUT2D eigenvalue weighted by atomic mass is 9.76. The van der Waals surface area contributed by atoms with Crippen molar-refractivity contribution in [2.24, 2.45) is 11.3 Å². The Hall–Kier alpha value is -0.530. The van der Waals surface area contributed by atoms with Crippen molar-refractivity contribution in [1.82, 2.24) is 5.32 Å². The summed E-state index contributed by atoms with van der Waals surface area (Å²) in [6.07, 6.45) is 6.68. The van der Waals surface area contributed by atoms with Gasteiger partial charge in [-0.1, -0.05) is 50.9 Å². The van der Waals surface area contributed by atoms with Crippen LogP contribution >= 0.6 is 11.6 Å². The van der Waals surface area contributed by atoms with Gasteiger partial charge < -0.3 is 5.32 Å². The second-order valence-corrected chi connectivity index (χ2v) is 8.15. The fourth-order valence-corrected chi connectivity index (χ4v) is 3.76. The summed E-state index contributed by atoms with van der Waals surface area (Å²) >= 11 is 6.10. The minimum atomic E-state index is 0.375. The van der Waals surface area contributed by atoms with E-state index >= 15 is 0 Å². The molecular formula is C19H30ClN. The highest BCUT2D eigenvalue weighted by Gasteiger charge is 2.28. The van der Waals surface area contributed by atoms with Crippen LogP contribution in [-0.4, -0.2) is 6.04 Å². The standard InChI is InChI=1S/C19H30ClN/c1-14(15-7-5-9-17(20)13-15)21-18-10-6-8-16(11-12-18)19(2,3)4/h5,7,9,13-14,16,18,21H,6,8,10-12H2,1-4H3/t14-,16?,18?/m0/s1. The van der Waals surface area contributed by atoms with Gasteiger partial charge in [0.1, 0.15) is 0 Å². The summed E-state index contributed by atoms with van der Waals surface area (Å²) in [4.78, 5) is 0. The first-order valence-corrected chi connectivity index (χ1v) is 8.75. The molecule has 21 heavy (non-hydrogen) atoms. The molecule has 1 aliphatic carbocycles. The minimum absolute atomic E-state index is 0.375. The Balaban J connectivity index is 1.91. The molecule has 1 aromatic carbocycles. The van der Waals surface area contributed by atoms with E-state index in [2.05, 4.69) is 45.1 Å². The summed E-state index contributed by atoms with van der Waals surface area (Å²) in [5, 5.41) is 4.64. The quantitative estimate of drug-likeness (QED) is 0.677. The highest BCUT2D eigenvalue weighted by atomic mass is 35.5. The molecule has 0 amide bonds. The fraction of sp³-hybridized carbons (Fsp3) is 0.684. The van der Waals surface area contributed by atoms with Gasteiger partial charge in [-0.15, -0.1) is 0 Å². The normalized spacial score (nSPS) is 25.4. The average molecular weight is 308 g/mol. The van der Waals surface area contributed by atoms with E-state index in [1.165, 1.54) is 37.7 Å². The zero-order valence-electron chi connectivity index (χ0n) is 14.0. The third-order valence-corrected chi connectivity index (χ3v) is 5.26. The molecule has 1 fully saturated rings. The fourth-order valence-electron chi connectivity index (χ4n) is 3.56. The SMILES string of the molecule is C[C@H](NC1CCCC(C(C)(C)C)CC1)c1cccc(Cl)c1. The van der Waals surface area contributed by atoms with E-state index in [1.807, 2.05) is 12.1 Å². The Morgan fingerprint density at radius 1 is 1.14 bits per heavy atom. The topological polar surface area (TPSA) is 12.0 Å². The third-order valence-electron chi connectivity index (χ3n) is 5.03. The molecule has 0 heterocycles. The number of halogens is 1. The number of rotatable bonds is 3. The number of hydrogen-bond donors (Lipinski definition) is 1. The molecule has 1 saturated carbocycles. The average Bonchev–Trinajstić information content (AvgIpc) is 2.64. The van der Waals surface area contributed by atoms with Gasteiger partial charge in [-0.05, 0) is 61.6 Å². The van der Waals surface area contributed by atoms with E-state index in [0.29, 0.717) is 17.5 Å². The molecule has 118 valence electrons. The predicted octanol–water partition coefficient (Wildman–Crippen LogP) is 5.99. The second kappa shape index (κ2) is 7.15. The molecule has 0 aromatic heterocycles. The van der Waals surface area contributed by atoms with Crippen LogP contribution in [-0.2, 0) is 0 Å². The number of hydrogen-bond acceptors (Lipinski definition) is 1. The molecule has 0 radical (unpaired) electrons. The van der Waals surface area contributed by atoms with Crippen LogP contribution in [0.2, 0.25) is 5.02 Å². The molecule has 2 heteroatoms. The van der Waals surface area contributed by atoms with E-state index in [0.717, 1.165) is 10.9 Å². The molecule has 1 nitrogen and oxygen atoms in total. The summed E-state index contributed by atoms with van der Waals surface area (Å²) < 4.78 is 0. The van der Waals surface area contributed by atoms with Gasteiger partial charge in [0.05, 0.1) is 0 Å². The number of benzene rings is 1. The van der Waals surface area contributed by atoms with Crippen LogP contribution < -0.4 is 5.32 Å². The Kier molecular flexibility index (Phi) is 5.73. The van der Waals surface area contributed by atoms with Crippen LogP contribution in [0, 0.1) is 11.3 Å². The molecule has 1 aromatic rings. The lowest BCUT2D eigenvalue weighted by Crippen LogP contribution is -2.31. The van der Waals surface area contributed by atoms with E-state index in [9.17, 15) is 0 Å². The van der Waals surface area contributed by atoms with Gasteiger partial charge in [-0.2, -0.15) is 0 Å². The van der Waals surface area contributed by atoms with E-state index < -0.39 is 0 Å². The summed E-state index contributed by atoms with van der Waals surface area (Å²) in [6.45, 7) is 9.41. The number of nitrogens with one attached hydrogen (secondary N) is 1. The van der Waals surface area contributed by atoms with Crippen molar-refractivity contribution in [2.45, 2.75) is 71.9 Å². The minimum Gasteiger partial charge on any atom is -0.307 e. The zero-order chi connectivity index (χ0) is 15.5. The van der Waals surface area contributed by atoms with Crippen LogP contribution in [0.4, 0.5) is 0 Å². The molecule has 2 unspecified atom stereocenters. The maximum absolute atomic E-state index is 6.10. The highest BCUT2D eigenvalue weighted by Crippen LogP contribution is 2.37. The lowest BCUT2D eigenvalue weighted by Gasteiger charge is -2.30. The van der Waals surface area contributed by atoms with Crippen molar-refractivity contribution >= 4 is 11.6 Å². The van der Waals surface area contributed by atoms with Gasteiger partial charge >= 0.3 is 0 Å². The largest absolute Gasteiger partial charge is 0.307 e. The highest BCUT2D eigenvalue weighted by molar-refractivity contribution is 6.30. The summed E-state index contributed by atoms with van der Waals surface area (Å²) in [5.74, 6) is 0.866. The Morgan fingerprint density at radius 2 is 1.90 bits per heavy atom. The van der Waals surface area contributed by atoms with Gasteiger partial charge in [-0.25, -0.2) is 0 Å². The van der Waals surface area contributed by atoms with Crippen molar-refractivity contribution in [3.8, 4) is 0 Å². The summed E-state index contributed by atoms with van der Waals surface area (Å²) in [7, 11) is 0. The Bertz CT molecular complexity index is 449. The van der Waals surface area contributed by atoms with Crippen LogP contribution in [0.15, 0.2) is 24.3 Å². The van der Waals surface area contributed by atoms with E-state index in [-0.39, 0.29) is 0 Å². The maximum Gasteiger partial charge on any atom is 0.0409 e. The van der Waals surface area contributed by atoms with Crippen LogP contribution in [0.25, 0.3) is 0 Å².